The van der Waals surface area contributed by atoms with E-state index in [1.165, 1.54) is 36.7 Å². The van der Waals surface area contributed by atoms with Gasteiger partial charge in [-0.25, -0.2) is 8.78 Å². The normalized spacial score (nSPS) is 10.8. The number of hydrogen-bond donors (Lipinski definition) is 3. The van der Waals surface area contributed by atoms with E-state index in [1.54, 1.807) is 24.3 Å². The Morgan fingerprint density at radius 1 is 1.03 bits per heavy atom. The highest BCUT2D eigenvalue weighted by Crippen LogP contribution is 2.29. The Morgan fingerprint density at radius 3 is 2.65 bits per heavy atom. The molecule has 7 nitrogen and oxygen atoms in total. The molecule has 0 bridgehead atoms. The first kappa shape index (κ1) is 25.7. The average Bonchev–Trinajstić information content (AvgIpc) is 3.38. The van der Waals surface area contributed by atoms with Crippen molar-refractivity contribution >= 4 is 11.7 Å². The number of nitrogens with zero attached hydrogens (tertiary/aromatic N) is 1. The minimum atomic E-state index is -0.668. The number of aliphatic hydroxyl groups is 1. The number of carbonyl (C=O) groups is 2. The van der Waals surface area contributed by atoms with Crippen LogP contribution >= 0.6 is 0 Å². The number of rotatable bonds is 10. The number of carbonyl (C=O) groups excluding carboxylic acids is 2. The van der Waals surface area contributed by atoms with Gasteiger partial charge in [0.2, 0.25) is 0 Å². The molecule has 0 fully saturated rings. The number of aryl methyl sites for hydroxylation is 1. The van der Waals surface area contributed by atoms with Gasteiger partial charge in [-0.05, 0) is 55.3 Å². The molecule has 4 rings (SSSR count). The largest absolute Gasteiger partial charge is 0.454 e. The molecule has 4 aromatic rings. The second-order valence-electron chi connectivity index (χ2n) is 8.45. The Bertz CT molecular complexity index is 1430. The summed E-state index contributed by atoms with van der Waals surface area (Å²) in [5.74, 6) is -1.71. The molecule has 0 saturated carbocycles. The number of ether oxygens (including phenoxy) is 1. The van der Waals surface area contributed by atoms with Gasteiger partial charge in [-0.1, -0.05) is 17.7 Å². The molecule has 0 spiro atoms. The van der Waals surface area contributed by atoms with E-state index in [9.17, 15) is 18.4 Å². The minimum absolute atomic E-state index is 0.0156. The zero-order chi connectivity index (χ0) is 26.4. The van der Waals surface area contributed by atoms with Crippen molar-refractivity contribution < 1.29 is 28.2 Å². The lowest BCUT2D eigenvalue weighted by molar-refractivity contribution is 0.0949. The number of aromatic amines is 1. The van der Waals surface area contributed by atoms with Crippen molar-refractivity contribution in [2.24, 2.45) is 0 Å². The Morgan fingerprint density at radius 2 is 1.84 bits per heavy atom. The third-order valence-corrected chi connectivity index (χ3v) is 5.61. The van der Waals surface area contributed by atoms with Crippen LogP contribution in [0, 0.1) is 18.6 Å². The molecule has 190 valence electrons. The summed E-state index contributed by atoms with van der Waals surface area (Å²) < 4.78 is 34.3. The van der Waals surface area contributed by atoms with Crippen molar-refractivity contribution in [1.82, 2.24) is 15.3 Å². The molecule has 2 aromatic carbocycles. The van der Waals surface area contributed by atoms with Gasteiger partial charge in [-0.3, -0.25) is 14.6 Å². The van der Waals surface area contributed by atoms with Gasteiger partial charge >= 0.3 is 0 Å². The second kappa shape index (κ2) is 11.6. The van der Waals surface area contributed by atoms with E-state index in [4.69, 9.17) is 9.84 Å². The number of ketones is 1. The molecule has 0 aliphatic heterocycles. The molecule has 2 aromatic heterocycles. The average molecular weight is 506 g/mol. The lowest BCUT2D eigenvalue weighted by Crippen LogP contribution is -2.24. The minimum Gasteiger partial charge on any atom is -0.454 e. The van der Waals surface area contributed by atoms with Crippen molar-refractivity contribution in [2.45, 2.75) is 19.8 Å². The van der Waals surface area contributed by atoms with Gasteiger partial charge in [0, 0.05) is 43.6 Å². The number of benzene rings is 2. The third kappa shape index (κ3) is 6.45. The molecule has 1 amide bonds. The van der Waals surface area contributed by atoms with Crippen LogP contribution in [0.5, 0.6) is 11.5 Å². The molecule has 2 heterocycles. The first-order valence-corrected chi connectivity index (χ1v) is 11.6. The number of nitrogens with one attached hydrogen (secondary N) is 2. The summed E-state index contributed by atoms with van der Waals surface area (Å²) in [5, 5.41) is 11.5. The summed E-state index contributed by atoms with van der Waals surface area (Å²) in [5.41, 5.74) is 2.67. The summed E-state index contributed by atoms with van der Waals surface area (Å²) in [4.78, 5) is 32.2. The standard InChI is InChI=1S/C28H25F2N3O4/c1-17-3-5-22(29)19(11-17)13-26(35)18-4-6-23(30)27(14-18)37-21-7-9-31-25(15-21)24-12-20(16-33-24)28(36)32-8-2-10-34/h3-7,9,11-12,14-16,33-34H,2,8,10,13H2,1H3,(H,32,36). The maximum atomic E-state index is 14.5. The lowest BCUT2D eigenvalue weighted by Gasteiger charge is -2.10. The molecule has 3 N–H and O–H groups in total. The summed E-state index contributed by atoms with van der Waals surface area (Å²) in [7, 11) is 0. The van der Waals surface area contributed by atoms with E-state index >= 15 is 0 Å². The molecular weight excluding hydrogens is 480 g/mol. The van der Waals surface area contributed by atoms with Gasteiger partial charge in [0.1, 0.15) is 11.6 Å². The summed E-state index contributed by atoms with van der Waals surface area (Å²) in [6.45, 7) is 2.14. The highest BCUT2D eigenvalue weighted by molar-refractivity contribution is 5.98. The van der Waals surface area contributed by atoms with Crippen LogP contribution in [0.3, 0.4) is 0 Å². The molecule has 0 saturated heterocycles. The number of hydrogen-bond acceptors (Lipinski definition) is 5. The molecule has 37 heavy (non-hydrogen) atoms. The predicted molar refractivity (Wildman–Crippen MR) is 134 cm³/mol. The van der Waals surface area contributed by atoms with Crippen molar-refractivity contribution in [3.05, 3.63) is 101 Å². The Balaban J connectivity index is 1.50. The number of Topliss-reactive ketones (excluding diaryl/α,β-unsaturated/α-hetero) is 1. The Hall–Kier alpha value is -4.37. The van der Waals surface area contributed by atoms with Crippen LogP contribution < -0.4 is 10.1 Å². The second-order valence-corrected chi connectivity index (χ2v) is 8.45. The molecule has 0 atom stereocenters. The highest BCUT2D eigenvalue weighted by Gasteiger charge is 2.15. The zero-order valence-corrected chi connectivity index (χ0v) is 20.1. The van der Waals surface area contributed by atoms with Gasteiger partial charge in [-0.2, -0.15) is 0 Å². The smallest absolute Gasteiger partial charge is 0.252 e. The van der Waals surface area contributed by atoms with Gasteiger partial charge in [0.05, 0.1) is 17.0 Å². The van der Waals surface area contributed by atoms with Crippen molar-refractivity contribution in [3.63, 3.8) is 0 Å². The number of pyridine rings is 1. The van der Waals surface area contributed by atoms with Gasteiger partial charge in [0.25, 0.3) is 5.91 Å². The number of H-pyrrole nitrogens is 1. The molecule has 0 aliphatic rings. The maximum absolute atomic E-state index is 14.5. The van der Waals surface area contributed by atoms with Gasteiger partial charge in [-0.15, -0.1) is 0 Å². The van der Waals surface area contributed by atoms with Gasteiger partial charge < -0.3 is 20.1 Å². The molecule has 0 unspecified atom stereocenters. The van der Waals surface area contributed by atoms with Crippen LogP contribution in [-0.2, 0) is 6.42 Å². The van der Waals surface area contributed by atoms with E-state index < -0.39 is 11.6 Å². The number of amides is 1. The SMILES string of the molecule is Cc1ccc(F)c(CC(=O)c2ccc(F)c(Oc3ccnc(-c4cc(C(=O)NCCCO)c[nH]4)c3)c2)c1. The maximum Gasteiger partial charge on any atom is 0.252 e. The predicted octanol–water partition coefficient (Wildman–Crippen LogP) is 4.99. The van der Waals surface area contributed by atoms with Crippen LogP contribution in [0.1, 0.15) is 38.3 Å². The van der Waals surface area contributed by atoms with Gasteiger partial charge in [0.15, 0.2) is 17.3 Å². The first-order valence-electron chi connectivity index (χ1n) is 11.6. The number of halogens is 2. The van der Waals surface area contributed by atoms with E-state index in [1.807, 2.05) is 6.92 Å². The van der Waals surface area contributed by atoms with E-state index in [0.717, 1.165) is 11.6 Å². The number of aliphatic hydroxyl groups excluding tert-OH is 1. The molecule has 0 radical (unpaired) electrons. The monoisotopic (exact) mass is 505 g/mol. The Kier molecular flexibility index (Phi) is 8.05. The van der Waals surface area contributed by atoms with E-state index in [0.29, 0.717) is 29.9 Å². The first-order chi connectivity index (χ1) is 17.8. The van der Waals surface area contributed by atoms with Crippen molar-refractivity contribution in [2.75, 3.05) is 13.2 Å². The highest BCUT2D eigenvalue weighted by atomic mass is 19.1. The van der Waals surface area contributed by atoms with Crippen LogP contribution in [-0.4, -0.2) is 39.9 Å². The fourth-order valence-corrected chi connectivity index (χ4v) is 3.67. The van der Waals surface area contributed by atoms with E-state index in [-0.39, 0.29) is 47.3 Å². The number of aromatic nitrogens is 2. The van der Waals surface area contributed by atoms with Crippen LogP contribution in [0.15, 0.2) is 67.0 Å². The molecular formula is C28H25F2N3O4. The topological polar surface area (TPSA) is 104 Å². The fourth-order valence-electron chi connectivity index (χ4n) is 3.67. The van der Waals surface area contributed by atoms with Crippen molar-refractivity contribution in [3.8, 4) is 22.9 Å². The summed E-state index contributed by atoms with van der Waals surface area (Å²) in [6, 6.07) is 13.0. The van der Waals surface area contributed by atoms with Crippen LogP contribution in [0.2, 0.25) is 0 Å². The third-order valence-electron chi connectivity index (χ3n) is 5.61. The van der Waals surface area contributed by atoms with E-state index in [2.05, 4.69) is 15.3 Å². The summed E-state index contributed by atoms with van der Waals surface area (Å²) >= 11 is 0. The lowest BCUT2D eigenvalue weighted by atomic mass is 10.0. The Labute approximate surface area is 212 Å². The van der Waals surface area contributed by atoms with Crippen LogP contribution in [0.25, 0.3) is 11.4 Å². The zero-order valence-electron chi connectivity index (χ0n) is 20.1. The van der Waals surface area contributed by atoms with Crippen LogP contribution in [0.4, 0.5) is 8.78 Å². The van der Waals surface area contributed by atoms with Crippen molar-refractivity contribution in [1.29, 1.82) is 0 Å². The summed E-state index contributed by atoms with van der Waals surface area (Å²) in [6.07, 6.45) is 3.29. The molecule has 0 aliphatic carbocycles. The fraction of sp³-hybridized carbons (Fsp3) is 0.179. The molecule has 9 heteroatoms. The quantitative estimate of drug-likeness (QED) is 0.208.